The highest BCUT2D eigenvalue weighted by molar-refractivity contribution is 7.15. The summed E-state index contributed by atoms with van der Waals surface area (Å²) < 4.78 is 7.45. The van der Waals surface area contributed by atoms with E-state index in [1.807, 2.05) is 41.2 Å². The molecule has 0 spiro atoms. The Morgan fingerprint density at radius 2 is 2.19 bits per heavy atom. The van der Waals surface area contributed by atoms with Gasteiger partial charge in [-0.05, 0) is 6.07 Å². The fraction of sp³-hybridized carbons (Fsp3) is 0.267. The zero-order valence-corrected chi connectivity index (χ0v) is 13.5. The summed E-state index contributed by atoms with van der Waals surface area (Å²) in [5.74, 6) is 2.24. The van der Waals surface area contributed by atoms with Crippen LogP contribution < -0.4 is 9.64 Å². The smallest absolute Gasteiger partial charge is 0.195 e. The maximum Gasteiger partial charge on any atom is 0.195 e. The molecule has 0 aliphatic rings. The van der Waals surface area contributed by atoms with Gasteiger partial charge in [-0.15, -0.1) is 22.9 Å². The van der Waals surface area contributed by atoms with Gasteiger partial charge in [0.1, 0.15) is 5.75 Å². The number of anilines is 1. The topological polar surface area (TPSA) is 29.8 Å². The molecule has 3 rings (SSSR count). The van der Waals surface area contributed by atoms with Gasteiger partial charge in [-0.3, -0.25) is 4.40 Å². The van der Waals surface area contributed by atoms with Crippen molar-refractivity contribution in [1.82, 2.24) is 9.38 Å². The van der Waals surface area contributed by atoms with Gasteiger partial charge in [0, 0.05) is 30.7 Å². The van der Waals surface area contributed by atoms with E-state index in [0.29, 0.717) is 5.88 Å². The summed E-state index contributed by atoms with van der Waals surface area (Å²) >= 11 is 7.72. The monoisotopic (exact) mass is 321 g/mol. The van der Waals surface area contributed by atoms with Gasteiger partial charge in [0.2, 0.25) is 0 Å². The van der Waals surface area contributed by atoms with E-state index in [1.165, 1.54) is 0 Å². The third-order valence-electron chi connectivity index (χ3n) is 3.43. The molecule has 0 saturated heterocycles. The zero-order chi connectivity index (χ0) is 14.8. The quantitative estimate of drug-likeness (QED) is 0.670. The van der Waals surface area contributed by atoms with Crippen molar-refractivity contribution in [2.24, 2.45) is 0 Å². The van der Waals surface area contributed by atoms with E-state index in [2.05, 4.69) is 16.0 Å². The summed E-state index contributed by atoms with van der Waals surface area (Å²) in [5, 5.41) is 2.02. The van der Waals surface area contributed by atoms with Gasteiger partial charge in [-0.2, -0.15) is 0 Å². The summed E-state index contributed by atoms with van der Waals surface area (Å²) in [7, 11) is 3.71. The predicted octanol–water partition coefficient (Wildman–Crippen LogP) is 3.78. The fourth-order valence-corrected chi connectivity index (χ4v) is 3.39. The van der Waals surface area contributed by atoms with E-state index in [4.69, 9.17) is 16.3 Å². The number of fused-ring (bicyclic) bond motifs is 1. The van der Waals surface area contributed by atoms with Gasteiger partial charge in [-0.1, -0.05) is 18.2 Å². The summed E-state index contributed by atoms with van der Waals surface area (Å²) in [6.07, 6.45) is 2.01. The highest BCUT2D eigenvalue weighted by atomic mass is 35.5. The Morgan fingerprint density at radius 3 is 2.95 bits per heavy atom. The molecule has 0 N–H and O–H groups in total. The van der Waals surface area contributed by atoms with E-state index in [-0.39, 0.29) is 0 Å². The molecule has 110 valence electrons. The number of halogens is 1. The van der Waals surface area contributed by atoms with Crippen LogP contribution in [0, 0.1) is 0 Å². The van der Waals surface area contributed by atoms with Gasteiger partial charge >= 0.3 is 0 Å². The Balaban J connectivity index is 1.93. The third kappa shape index (κ3) is 2.59. The van der Waals surface area contributed by atoms with Crippen LogP contribution in [-0.4, -0.2) is 23.5 Å². The number of hydrogen-bond donors (Lipinski definition) is 0. The number of aromatic nitrogens is 2. The van der Waals surface area contributed by atoms with Crippen LogP contribution in [0.25, 0.3) is 4.96 Å². The lowest BCUT2D eigenvalue weighted by atomic mass is 10.2. The Morgan fingerprint density at radius 1 is 1.38 bits per heavy atom. The Hall–Kier alpha value is -1.72. The number of methoxy groups -OCH3 is 1. The van der Waals surface area contributed by atoms with Crippen LogP contribution >= 0.6 is 22.9 Å². The van der Waals surface area contributed by atoms with E-state index < -0.39 is 0 Å². The number of nitrogens with zero attached hydrogens (tertiary/aromatic N) is 3. The number of ether oxygens (including phenoxy) is 1. The first-order chi connectivity index (χ1) is 10.2. The second-order valence-electron chi connectivity index (χ2n) is 4.74. The number of imidazole rings is 1. The minimum absolute atomic E-state index is 0.434. The molecule has 0 unspecified atom stereocenters. The SMILES string of the molecule is COc1ccccc1CN(C)c1nc2sccn2c1CCl. The average molecular weight is 322 g/mol. The minimum atomic E-state index is 0.434. The van der Waals surface area contributed by atoms with Crippen LogP contribution in [0.1, 0.15) is 11.3 Å². The number of benzene rings is 1. The first kappa shape index (κ1) is 14.2. The van der Waals surface area contributed by atoms with Crippen molar-refractivity contribution in [2.45, 2.75) is 12.4 Å². The third-order valence-corrected chi connectivity index (χ3v) is 4.44. The van der Waals surface area contributed by atoms with Crippen molar-refractivity contribution in [3.05, 3.63) is 47.1 Å². The van der Waals surface area contributed by atoms with Crippen LogP contribution in [-0.2, 0) is 12.4 Å². The van der Waals surface area contributed by atoms with Crippen molar-refractivity contribution >= 4 is 33.7 Å². The Bertz CT molecular complexity index is 752. The largest absolute Gasteiger partial charge is 0.496 e. The molecule has 3 aromatic rings. The number of rotatable bonds is 5. The lowest BCUT2D eigenvalue weighted by Crippen LogP contribution is -2.18. The highest BCUT2D eigenvalue weighted by Gasteiger charge is 2.17. The molecule has 0 atom stereocenters. The molecular weight excluding hydrogens is 306 g/mol. The number of hydrogen-bond acceptors (Lipinski definition) is 4. The van der Waals surface area contributed by atoms with Gasteiger partial charge in [0.05, 0.1) is 18.7 Å². The van der Waals surface area contributed by atoms with Crippen molar-refractivity contribution in [3.63, 3.8) is 0 Å². The van der Waals surface area contributed by atoms with Crippen LogP contribution in [0.2, 0.25) is 0 Å². The Kier molecular flexibility index (Phi) is 4.03. The highest BCUT2D eigenvalue weighted by Crippen LogP contribution is 2.28. The summed E-state index contributed by atoms with van der Waals surface area (Å²) in [6.45, 7) is 0.721. The summed E-state index contributed by atoms with van der Waals surface area (Å²) in [6, 6.07) is 8.02. The van der Waals surface area contributed by atoms with Crippen LogP contribution in [0.5, 0.6) is 5.75 Å². The van der Waals surface area contributed by atoms with Crippen molar-refractivity contribution in [2.75, 3.05) is 19.1 Å². The molecule has 2 heterocycles. The van der Waals surface area contributed by atoms with Gasteiger partial charge in [-0.25, -0.2) is 4.98 Å². The molecule has 4 nitrogen and oxygen atoms in total. The van der Waals surface area contributed by atoms with Crippen LogP contribution in [0.3, 0.4) is 0 Å². The van der Waals surface area contributed by atoms with Gasteiger partial charge in [0.15, 0.2) is 10.8 Å². The van der Waals surface area contributed by atoms with E-state index in [9.17, 15) is 0 Å². The molecule has 0 amide bonds. The number of alkyl halides is 1. The molecule has 0 bridgehead atoms. The predicted molar refractivity (Wildman–Crippen MR) is 87.7 cm³/mol. The molecule has 0 saturated carbocycles. The molecule has 2 aromatic heterocycles. The molecule has 0 aliphatic heterocycles. The normalized spacial score (nSPS) is 11.0. The average Bonchev–Trinajstić information content (AvgIpc) is 3.07. The van der Waals surface area contributed by atoms with Crippen molar-refractivity contribution < 1.29 is 4.74 Å². The van der Waals surface area contributed by atoms with E-state index in [0.717, 1.165) is 34.3 Å². The molecule has 0 radical (unpaired) electrons. The number of thiazole rings is 1. The van der Waals surface area contributed by atoms with E-state index >= 15 is 0 Å². The Labute approximate surface area is 132 Å². The zero-order valence-electron chi connectivity index (χ0n) is 11.9. The van der Waals surface area contributed by atoms with Crippen LogP contribution in [0.4, 0.5) is 5.82 Å². The fourth-order valence-electron chi connectivity index (χ4n) is 2.41. The maximum atomic E-state index is 6.11. The second kappa shape index (κ2) is 5.95. The molecule has 21 heavy (non-hydrogen) atoms. The first-order valence-corrected chi connectivity index (χ1v) is 7.99. The molecular formula is C15H16ClN3OS. The number of para-hydroxylation sites is 1. The maximum absolute atomic E-state index is 6.11. The van der Waals surface area contributed by atoms with Crippen molar-refractivity contribution in [3.8, 4) is 5.75 Å². The molecule has 6 heteroatoms. The summed E-state index contributed by atoms with van der Waals surface area (Å²) in [4.78, 5) is 7.75. The first-order valence-electron chi connectivity index (χ1n) is 6.58. The second-order valence-corrected chi connectivity index (χ2v) is 5.88. The standard InChI is InChI=1S/C15H16ClN3OS/c1-18(10-11-5-3-4-6-13(11)20-2)14-12(9-16)19-7-8-21-15(19)17-14/h3-8H,9-10H2,1-2H3. The van der Waals surface area contributed by atoms with Crippen molar-refractivity contribution in [1.29, 1.82) is 0 Å². The van der Waals surface area contributed by atoms with E-state index in [1.54, 1.807) is 18.4 Å². The minimum Gasteiger partial charge on any atom is -0.496 e. The molecule has 0 fully saturated rings. The van der Waals surface area contributed by atoms with Gasteiger partial charge in [0.25, 0.3) is 0 Å². The molecule has 1 aromatic carbocycles. The van der Waals surface area contributed by atoms with Gasteiger partial charge < -0.3 is 9.64 Å². The lowest BCUT2D eigenvalue weighted by Gasteiger charge is -2.19. The van der Waals surface area contributed by atoms with Crippen LogP contribution in [0.15, 0.2) is 35.8 Å². The summed E-state index contributed by atoms with van der Waals surface area (Å²) in [5.41, 5.74) is 2.14. The molecule has 0 aliphatic carbocycles. The lowest BCUT2D eigenvalue weighted by molar-refractivity contribution is 0.409.